The van der Waals surface area contributed by atoms with Gasteiger partial charge >= 0.3 is 0 Å². The molecule has 0 heterocycles. The van der Waals surface area contributed by atoms with Crippen molar-refractivity contribution >= 4 is 5.91 Å². The maximum absolute atomic E-state index is 10.8. The summed E-state index contributed by atoms with van der Waals surface area (Å²) in [6.45, 7) is 3.02. The summed E-state index contributed by atoms with van der Waals surface area (Å²) >= 11 is 0. The maximum atomic E-state index is 10.8. The number of rotatable bonds is 5. The second kappa shape index (κ2) is 6.12. The molecule has 0 aromatic heterocycles. The van der Waals surface area contributed by atoms with Gasteiger partial charge in [0.05, 0.1) is 6.04 Å². The smallest absolute Gasteiger partial charge is 0.236 e. The lowest BCUT2D eigenvalue weighted by Crippen LogP contribution is -2.38. The number of carbonyl (C=O) groups is 1. The topological polar surface area (TPSA) is 81.1 Å². The molecule has 66 valence electrons. The lowest BCUT2D eigenvalue weighted by atomic mass is 10.3. The van der Waals surface area contributed by atoms with Crippen LogP contribution in [0.3, 0.4) is 0 Å². The highest BCUT2D eigenvalue weighted by molar-refractivity contribution is 5.80. The molecule has 4 heteroatoms. The fourth-order valence-electron chi connectivity index (χ4n) is 0.642. The van der Waals surface area contributed by atoms with Gasteiger partial charge in [0, 0.05) is 6.54 Å². The van der Waals surface area contributed by atoms with Gasteiger partial charge in [-0.15, -0.1) is 0 Å². The number of unbranched alkanes of at least 4 members (excludes halogenated alkanes) is 1. The third-order valence-electron chi connectivity index (χ3n) is 1.34. The molecule has 0 aromatic carbocycles. The molecule has 0 spiro atoms. The first kappa shape index (κ1) is 10.4. The molecular formula is C7H17N3O. The Hall–Kier alpha value is -0.610. The molecule has 1 amide bonds. The summed E-state index contributed by atoms with van der Waals surface area (Å²) in [5, 5.41) is 2.70. The molecule has 0 aliphatic heterocycles. The Bertz CT molecular complexity index is 114. The average Bonchev–Trinajstić information content (AvgIpc) is 1.97. The molecule has 0 saturated heterocycles. The van der Waals surface area contributed by atoms with Gasteiger partial charge in [0.2, 0.25) is 5.91 Å². The zero-order valence-corrected chi connectivity index (χ0v) is 6.97. The second-order valence-electron chi connectivity index (χ2n) is 2.58. The van der Waals surface area contributed by atoms with Crippen LogP contribution in [-0.2, 0) is 4.79 Å². The van der Waals surface area contributed by atoms with Crippen molar-refractivity contribution in [3.05, 3.63) is 0 Å². The predicted octanol–water partition coefficient (Wildman–Crippen LogP) is -0.811. The van der Waals surface area contributed by atoms with E-state index in [-0.39, 0.29) is 5.91 Å². The molecule has 11 heavy (non-hydrogen) atoms. The van der Waals surface area contributed by atoms with E-state index in [2.05, 4.69) is 5.32 Å². The Labute approximate surface area is 67.3 Å². The van der Waals surface area contributed by atoms with Crippen molar-refractivity contribution in [3.8, 4) is 0 Å². The minimum absolute atomic E-state index is 0.0954. The Morgan fingerprint density at radius 3 is 2.64 bits per heavy atom. The van der Waals surface area contributed by atoms with E-state index in [0.29, 0.717) is 13.1 Å². The predicted molar refractivity (Wildman–Crippen MR) is 44.9 cm³/mol. The lowest BCUT2D eigenvalue weighted by Gasteiger charge is -2.06. The molecular weight excluding hydrogens is 142 g/mol. The van der Waals surface area contributed by atoms with Crippen molar-refractivity contribution in [1.29, 1.82) is 0 Å². The summed E-state index contributed by atoms with van der Waals surface area (Å²) in [7, 11) is 0. The van der Waals surface area contributed by atoms with Crippen molar-refractivity contribution < 1.29 is 4.79 Å². The van der Waals surface area contributed by atoms with E-state index in [1.807, 2.05) is 0 Å². The maximum Gasteiger partial charge on any atom is 0.236 e. The van der Waals surface area contributed by atoms with Crippen LogP contribution in [0.5, 0.6) is 0 Å². The summed E-state index contributed by atoms with van der Waals surface area (Å²) in [5.74, 6) is -0.0954. The van der Waals surface area contributed by atoms with Gasteiger partial charge in [0.25, 0.3) is 0 Å². The second-order valence-corrected chi connectivity index (χ2v) is 2.58. The Balaban J connectivity index is 3.18. The van der Waals surface area contributed by atoms with E-state index in [9.17, 15) is 4.79 Å². The highest BCUT2D eigenvalue weighted by Gasteiger charge is 2.04. The highest BCUT2D eigenvalue weighted by atomic mass is 16.2. The van der Waals surface area contributed by atoms with E-state index >= 15 is 0 Å². The van der Waals surface area contributed by atoms with Crippen LogP contribution in [0.25, 0.3) is 0 Å². The summed E-state index contributed by atoms with van der Waals surface area (Å²) in [5.41, 5.74) is 10.6. The fourth-order valence-corrected chi connectivity index (χ4v) is 0.642. The number of nitrogens with one attached hydrogen (secondary N) is 1. The highest BCUT2D eigenvalue weighted by Crippen LogP contribution is 1.83. The van der Waals surface area contributed by atoms with Crippen LogP contribution in [0.1, 0.15) is 19.8 Å². The Kier molecular flexibility index (Phi) is 5.78. The first-order chi connectivity index (χ1) is 5.18. The summed E-state index contributed by atoms with van der Waals surface area (Å²) in [4.78, 5) is 10.8. The summed E-state index contributed by atoms with van der Waals surface area (Å²) in [6, 6.07) is -0.409. The van der Waals surface area contributed by atoms with E-state index in [4.69, 9.17) is 11.5 Å². The molecule has 0 bridgehead atoms. The van der Waals surface area contributed by atoms with Crippen molar-refractivity contribution in [2.75, 3.05) is 13.1 Å². The molecule has 0 rings (SSSR count). The fraction of sp³-hybridized carbons (Fsp3) is 0.857. The third kappa shape index (κ3) is 5.82. The van der Waals surface area contributed by atoms with E-state index in [1.54, 1.807) is 6.92 Å². The van der Waals surface area contributed by atoms with Gasteiger partial charge in [0.15, 0.2) is 0 Å². The normalized spacial score (nSPS) is 12.6. The van der Waals surface area contributed by atoms with Crippen LogP contribution in [0.4, 0.5) is 0 Å². The molecule has 0 saturated carbocycles. The number of hydrogen-bond acceptors (Lipinski definition) is 3. The largest absolute Gasteiger partial charge is 0.355 e. The zero-order valence-electron chi connectivity index (χ0n) is 6.97. The number of hydrogen-bond donors (Lipinski definition) is 3. The van der Waals surface area contributed by atoms with Gasteiger partial charge in [-0.2, -0.15) is 0 Å². The summed E-state index contributed by atoms with van der Waals surface area (Å²) in [6.07, 6.45) is 1.87. The molecule has 0 radical (unpaired) electrons. The van der Waals surface area contributed by atoms with Crippen LogP contribution in [0, 0.1) is 0 Å². The van der Waals surface area contributed by atoms with Crippen LogP contribution >= 0.6 is 0 Å². The molecule has 0 aromatic rings. The van der Waals surface area contributed by atoms with Crippen molar-refractivity contribution in [2.24, 2.45) is 11.5 Å². The van der Waals surface area contributed by atoms with Gasteiger partial charge in [-0.3, -0.25) is 4.79 Å². The van der Waals surface area contributed by atoms with Gasteiger partial charge < -0.3 is 16.8 Å². The molecule has 0 aliphatic rings. The molecule has 0 aliphatic carbocycles. The third-order valence-corrected chi connectivity index (χ3v) is 1.34. The standard InChI is InChI=1S/C7H17N3O/c1-6(9)7(11)10-5-3-2-4-8/h6H,2-5,8-9H2,1H3,(H,10,11)/t6-/m0/s1. The number of carbonyl (C=O) groups excluding carboxylic acids is 1. The van der Waals surface area contributed by atoms with Crippen molar-refractivity contribution in [1.82, 2.24) is 5.32 Å². The molecule has 0 fully saturated rings. The first-order valence-electron chi connectivity index (χ1n) is 3.92. The first-order valence-corrected chi connectivity index (χ1v) is 3.92. The van der Waals surface area contributed by atoms with Crippen molar-refractivity contribution in [2.45, 2.75) is 25.8 Å². The van der Waals surface area contributed by atoms with Crippen molar-refractivity contribution in [3.63, 3.8) is 0 Å². The average molecular weight is 159 g/mol. The van der Waals surface area contributed by atoms with Gasteiger partial charge in [-0.05, 0) is 26.3 Å². The zero-order chi connectivity index (χ0) is 8.69. The number of amides is 1. The van der Waals surface area contributed by atoms with E-state index in [1.165, 1.54) is 0 Å². The molecule has 5 N–H and O–H groups in total. The molecule has 0 unspecified atom stereocenters. The minimum Gasteiger partial charge on any atom is -0.355 e. The Morgan fingerprint density at radius 1 is 1.55 bits per heavy atom. The van der Waals surface area contributed by atoms with Crippen LogP contribution in [-0.4, -0.2) is 25.0 Å². The summed E-state index contributed by atoms with van der Waals surface area (Å²) < 4.78 is 0. The van der Waals surface area contributed by atoms with Crippen LogP contribution in [0.15, 0.2) is 0 Å². The lowest BCUT2D eigenvalue weighted by molar-refractivity contribution is -0.121. The van der Waals surface area contributed by atoms with E-state index in [0.717, 1.165) is 12.8 Å². The van der Waals surface area contributed by atoms with Gasteiger partial charge in [-0.25, -0.2) is 0 Å². The Morgan fingerprint density at radius 2 is 2.18 bits per heavy atom. The monoisotopic (exact) mass is 159 g/mol. The van der Waals surface area contributed by atoms with Gasteiger partial charge in [-0.1, -0.05) is 0 Å². The molecule has 1 atom stereocenters. The SMILES string of the molecule is C[C@H](N)C(=O)NCCCCN. The van der Waals surface area contributed by atoms with Gasteiger partial charge in [0.1, 0.15) is 0 Å². The quantitative estimate of drug-likeness (QED) is 0.459. The van der Waals surface area contributed by atoms with Crippen LogP contribution < -0.4 is 16.8 Å². The number of nitrogens with two attached hydrogens (primary N) is 2. The van der Waals surface area contributed by atoms with Crippen LogP contribution in [0.2, 0.25) is 0 Å². The molecule has 4 nitrogen and oxygen atoms in total. The van der Waals surface area contributed by atoms with E-state index < -0.39 is 6.04 Å². The minimum atomic E-state index is -0.409.